The average molecular weight is 307 g/mol. The molecule has 0 aliphatic rings. The summed E-state index contributed by atoms with van der Waals surface area (Å²) in [5, 5.41) is 17.4. The van der Waals surface area contributed by atoms with Crippen molar-refractivity contribution in [3.63, 3.8) is 0 Å². The number of carbonyl (C=O) groups excluding carboxylic acids is 1. The van der Waals surface area contributed by atoms with Gasteiger partial charge in [-0.1, -0.05) is 13.8 Å². The maximum Gasteiger partial charge on any atom is 0.320 e. The van der Waals surface area contributed by atoms with Crippen molar-refractivity contribution in [2.45, 2.75) is 44.4 Å². The van der Waals surface area contributed by atoms with Crippen molar-refractivity contribution in [3.8, 4) is 0 Å². The van der Waals surface area contributed by atoms with Gasteiger partial charge in [0, 0.05) is 34.6 Å². The van der Waals surface area contributed by atoms with Crippen molar-refractivity contribution >= 4 is 28.5 Å². The van der Waals surface area contributed by atoms with E-state index in [9.17, 15) is 18.6 Å². The Hall–Kier alpha value is -1.28. The lowest BCUT2D eigenvalue weighted by atomic mass is 10.0. The molecule has 0 aromatic rings. The highest BCUT2D eigenvalue weighted by molar-refractivity contribution is 7.85. The molecule has 0 aliphatic heterocycles. The van der Waals surface area contributed by atoms with E-state index in [2.05, 4.69) is 0 Å². The van der Waals surface area contributed by atoms with Crippen LogP contribution in [0.2, 0.25) is 0 Å². The van der Waals surface area contributed by atoms with E-state index < -0.39 is 34.7 Å². The molecule has 3 unspecified atom stereocenters. The van der Waals surface area contributed by atoms with Crippen molar-refractivity contribution < 1.29 is 28.8 Å². The minimum atomic E-state index is -1.31. The Kier molecular flexibility index (Phi) is 8.24. The summed E-state index contributed by atoms with van der Waals surface area (Å²) in [5.41, 5.74) is 5.26. The quantitative estimate of drug-likeness (QED) is 0.516. The number of carboxylic acid groups (broad SMARTS) is 2. The van der Waals surface area contributed by atoms with Crippen LogP contribution in [0, 0.1) is 5.92 Å². The van der Waals surface area contributed by atoms with Gasteiger partial charge in [0.15, 0.2) is 0 Å². The zero-order chi connectivity index (χ0) is 15.9. The molecule has 0 rings (SSSR count). The molecule has 3 atom stereocenters. The molecule has 4 N–H and O–H groups in total. The molecular weight excluding hydrogens is 286 g/mol. The van der Waals surface area contributed by atoms with Crippen LogP contribution in [0.5, 0.6) is 0 Å². The number of hydrogen-bond donors (Lipinski definition) is 3. The van der Waals surface area contributed by atoms with Gasteiger partial charge in [-0.3, -0.25) is 18.6 Å². The highest BCUT2D eigenvalue weighted by Crippen LogP contribution is 2.12. The van der Waals surface area contributed by atoms with Crippen molar-refractivity contribution in [2.24, 2.45) is 11.7 Å². The minimum Gasteiger partial charge on any atom is -0.481 e. The van der Waals surface area contributed by atoms with E-state index in [0.29, 0.717) is 0 Å². The van der Waals surface area contributed by atoms with Crippen LogP contribution in [0.4, 0.5) is 0 Å². The Bertz CT molecular complexity index is 395. The zero-order valence-electron chi connectivity index (χ0n) is 11.6. The summed E-state index contributed by atoms with van der Waals surface area (Å²) in [6.07, 6.45) is -0.376. The van der Waals surface area contributed by atoms with Gasteiger partial charge < -0.3 is 15.9 Å². The van der Waals surface area contributed by atoms with Gasteiger partial charge in [0.05, 0.1) is 5.92 Å². The van der Waals surface area contributed by atoms with Gasteiger partial charge in [-0.2, -0.15) is 0 Å². The van der Waals surface area contributed by atoms with Crippen LogP contribution in [0.15, 0.2) is 0 Å². The first-order valence-electron chi connectivity index (χ1n) is 6.25. The van der Waals surface area contributed by atoms with Gasteiger partial charge in [0.25, 0.3) is 0 Å². The lowest BCUT2D eigenvalue weighted by molar-refractivity contribution is -0.143. The van der Waals surface area contributed by atoms with Gasteiger partial charge in [0.2, 0.25) is 0 Å². The van der Waals surface area contributed by atoms with E-state index in [1.807, 2.05) is 0 Å². The van der Waals surface area contributed by atoms with Crippen LogP contribution in [0.25, 0.3) is 0 Å². The van der Waals surface area contributed by atoms with Crippen LogP contribution in [0.3, 0.4) is 0 Å². The standard InChI is InChI=1S/C12H21NO6S/c1-7(2)20(19)6-8(11(15)16)5-9(14)3-4-10(13)12(17)18/h7-8,10H,3-6,13H2,1-2H3,(H,15,16)(H,17,18). The Morgan fingerprint density at radius 2 is 1.70 bits per heavy atom. The second kappa shape index (κ2) is 8.80. The maximum atomic E-state index is 11.6. The Balaban J connectivity index is 4.39. The molecule has 8 heteroatoms. The number of carboxylic acids is 2. The largest absolute Gasteiger partial charge is 0.481 e. The molecule has 0 heterocycles. The molecule has 0 spiro atoms. The van der Waals surface area contributed by atoms with Crippen molar-refractivity contribution in [2.75, 3.05) is 5.75 Å². The van der Waals surface area contributed by atoms with Crippen LogP contribution >= 0.6 is 0 Å². The SMILES string of the molecule is CC(C)S(=O)CC(CC(=O)CCC(N)C(=O)O)C(=O)O. The number of carbonyl (C=O) groups is 3. The monoisotopic (exact) mass is 307 g/mol. The second-order valence-corrected chi connectivity index (χ2v) is 6.90. The smallest absolute Gasteiger partial charge is 0.320 e. The molecule has 20 heavy (non-hydrogen) atoms. The number of rotatable bonds is 10. The Morgan fingerprint density at radius 3 is 2.10 bits per heavy atom. The normalized spacial score (nSPS) is 15.6. The minimum absolute atomic E-state index is 0.0340. The summed E-state index contributed by atoms with van der Waals surface area (Å²) < 4.78 is 11.6. The molecule has 7 nitrogen and oxygen atoms in total. The van der Waals surface area contributed by atoms with E-state index >= 15 is 0 Å². The first-order valence-corrected chi connectivity index (χ1v) is 7.63. The molecule has 0 aromatic heterocycles. The first-order chi connectivity index (χ1) is 9.15. The maximum absolute atomic E-state index is 11.6. The molecule has 0 fully saturated rings. The average Bonchev–Trinajstić information content (AvgIpc) is 2.34. The number of Topliss-reactive ketones (excluding diaryl/α,β-unsaturated/α-hetero) is 1. The van der Waals surface area contributed by atoms with Crippen LogP contribution in [0.1, 0.15) is 33.1 Å². The van der Waals surface area contributed by atoms with Gasteiger partial charge in [-0.25, -0.2) is 0 Å². The van der Waals surface area contributed by atoms with Crippen molar-refractivity contribution in [3.05, 3.63) is 0 Å². The lowest BCUT2D eigenvalue weighted by Crippen LogP contribution is -2.31. The molecule has 0 amide bonds. The molecule has 0 radical (unpaired) electrons. The Labute approximate surface area is 120 Å². The van der Waals surface area contributed by atoms with Crippen molar-refractivity contribution in [1.29, 1.82) is 0 Å². The zero-order valence-corrected chi connectivity index (χ0v) is 12.4. The number of aliphatic carboxylic acids is 2. The van der Waals surface area contributed by atoms with E-state index in [4.69, 9.17) is 15.9 Å². The number of ketones is 1. The van der Waals surface area contributed by atoms with Crippen LogP contribution in [-0.4, -0.2) is 49.2 Å². The van der Waals surface area contributed by atoms with E-state index in [-0.39, 0.29) is 36.0 Å². The van der Waals surface area contributed by atoms with Crippen LogP contribution in [-0.2, 0) is 25.2 Å². The fourth-order valence-corrected chi connectivity index (χ4v) is 2.47. The van der Waals surface area contributed by atoms with Gasteiger partial charge in [0.1, 0.15) is 11.8 Å². The number of nitrogens with two attached hydrogens (primary N) is 1. The molecule has 116 valence electrons. The van der Waals surface area contributed by atoms with E-state index in [1.165, 1.54) is 0 Å². The highest BCUT2D eigenvalue weighted by Gasteiger charge is 2.25. The summed E-state index contributed by atoms with van der Waals surface area (Å²) >= 11 is 0. The lowest BCUT2D eigenvalue weighted by Gasteiger charge is -2.13. The molecule has 0 saturated carbocycles. The highest BCUT2D eigenvalue weighted by atomic mass is 32.2. The van der Waals surface area contributed by atoms with Crippen LogP contribution < -0.4 is 5.73 Å². The van der Waals surface area contributed by atoms with Gasteiger partial charge in [-0.05, 0) is 6.42 Å². The molecule has 0 bridgehead atoms. The van der Waals surface area contributed by atoms with Gasteiger partial charge in [-0.15, -0.1) is 0 Å². The fraction of sp³-hybridized carbons (Fsp3) is 0.750. The molecular formula is C12H21NO6S. The molecule has 0 saturated heterocycles. The molecule has 0 aliphatic carbocycles. The third-order valence-electron chi connectivity index (χ3n) is 2.77. The summed E-state index contributed by atoms with van der Waals surface area (Å²) in [7, 11) is -1.31. The third-order valence-corrected chi connectivity index (χ3v) is 4.55. The predicted octanol–water partition coefficient (Wildman–Crippen LogP) is -0.00440. The van der Waals surface area contributed by atoms with Gasteiger partial charge >= 0.3 is 11.9 Å². The topological polar surface area (TPSA) is 135 Å². The second-order valence-electron chi connectivity index (χ2n) is 4.86. The number of hydrogen-bond acceptors (Lipinski definition) is 5. The summed E-state index contributed by atoms with van der Waals surface area (Å²) in [5.74, 6) is -3.84. The van der Waals surface area contributed by atoms with Crippen molar-refractivity contribution in [1.82, 2.24) is 0 Å². The molecule has 0 aromatic carbocycles. The Morgan fingerprint density at radius 1 is 1.15 bits per heavy atom. The fourth-order valence-electron chi connectivity index (χ4n) is 1.43. The predicted molar refractivity (Wildman–Crippen MR) is 73.7 cm³/mol. The third kappa shape index (κ3) is 7.34. The summed E-state index contributed by atoms with van der Waals surface area (Å²) in [6.45, 7) is 3.42. The summed E-state index contributed by atoms with van der Waals surface area (Å²) in [6, 6.07) is -1.13. The summed E-state index contributed by atoms with van der Waals surface area (Å²) in [4.78, 5) is 33.2. The van der Waals surface area contributed by atoms with E-state index in [0.717, 1.165) is 0 Å². The van der Waals surface area contributed by atoms with E-state index in [1.54, 1.807) is 13.8 Å². The first kappa shape index (κ1) is 18.7.